The summed E-state index contributed by atoms with van der Waals surface area (Å²) in [5.74, 6) is 0.870. The van der Waals surface area contributed by atoms with Crippen LogP contribution in [0.15, 0.2) is 12.1 Å². The third-order valence-corrected chi connectivity index (χ3v) is 4.34. The maximum atomic E-state index is 6.54. The molecule has 2 nitrogen and oxygen atoms in total. The lowest BCUT2D eigenvalue weighted by atomic mass is 9.77. The molecule has 1 aliphatic carbocycles. The number of hydrogen-bond donors (Lipinski definition) is 1. The standard InChI is InChI=1S/C14H18ClNO/c15-12-9-11(8-10-4-7-17-13(10)12)14(16)5-2-1-3-6-14/h8-9H,1-7,16H2. The van der Waals surface area contributed by atoms with Crippen molar-refractivity contribution in [3.8, 4) is 5.75 Å². The Hall–Kier alpha value is -0.730. The van der Waals surface area contributed by atoms with Gasteiger partial charge in [-0.05, 0) is 30.0 Å². The Balaban J connectivity index is 2.00. The number of benzene rings is 1. The molecule has 1 aromatic carbocycles. The fraction of sp³-hybridized carbons (Fsp3) is 0.571. The number of fused-ring (bicyclic) bond motifs is 1. The normalized spacial score (nSPS) is 22.0. The van der Waals surface area contributed by atoms with Crippen LogP contribution in [0, 0.1) is 0 Å². The predicted molar refractivity (Wildman–Crippen MR) is 69.6 cm³/mol. The maximum absolute atomic E-state index is 6.54. The van der Waals surface area contributed by atoms with Crippen molar-refractivity contribution in [1.29, 1.82) is 0 Å². The minimum atomic E-state index is -0.167. The highest BCUT2D eigenvalue weighted by molar-refractivity contribution is 6.32. The molecule has 0 bridgehead atoms. The van der Waals surface area contributed by atoms with Crippen molar-refractivity contribution < 1.29 is 4.74 Å². The molecule has 1 saturated carbocycles. The molecule has 2 aliphatic rings. The average molecular weight is 252 g/mol. The van der Waals surface area contributed by atoms with Crippen molar-refractivity contribution in [2.24, 2.45) is 5.73 Å². The summed E-state index contributed by atoms with van der Waals surface area (Å²) in [6.07, 6.45) is 6.86. The third kappa shape index (κ3) is 1.94. The van der Waals surface area contributed by atoms with Crippen LogP contribution >= 0.6 is 11.6 Å². The van der Waals surface area contributed by atoms with Crippen LogP contribution in [0.2, 0.25) is 5.02 Å². The lowest BCUT2D eigenvalue weighted by Gasteiger charge is -2.34. The van der Waals surface area contributed by atoms with E-state index < -0.39 is 0 Å². The molecule has 17 heavy (non-hydrogen) atoms. The summed E-state index contributed by atoms with van der Waals surface area (Å²) < 4.78 is 5.53. The van der Waals surface area contributed by atoms with Gasteiger partial charge in [-0.2, -0.15) is 0 Å². The van der Waals surface area contributed by atoms with E-state index in [2.05, 4.69) is 6.07 Å². The fourth-order valence-corrected chi connectivity index (χ4v) is 3.31. The van der Waals surface area contributed by atoms with Gasteiger partial charge in [-0.15, -0.1) is 0 Å². The smallest absolute Gasteiger partial charge is 0.141 e. The summed E-state index contributed by atoms with van der Waals surface area (Å²) in [7, 11) is 0. The van der Waals surface area contributed by atoms with E-state index in [0.717, 1.165) is 36.6 Å². The van der Waals surface area contributed by atoms with Crippen LogP contribution in [0.1, 0.15) is 43.2 Å². The molecule has 0 saturated heterocycles. The SMILES string of the molecule is NC1(c2cc(Cl)c3c(c2)CCO3)CCCCC1. The predicted octanol–water partition coefficient (Wildman–Crippen LogP) is 3.39. The number of hydrogen-bond acceptors (Lipinski definition) is 2. The molecule has 3 heteroatoms. The van der Waals surface area contributed by atoms with Crippen LogP contribution in [-0.4, -0.2) is 6.61 Å². The Morgan fingerprint density at radius 3 is 2.71 bits per heavy atom. The van der Waals surface area contributed by atoms with Crippen LogP contribution in [0.25, 0.3) is 0 Å². The van der Waals surface area contributed by atoms with Gasteiger partial charge in [0, 0.05) is 12.0 Å². The highest BCUT2D eigenvalue weighted by Gasteiger charge is 2.31. The minimum absolute atomic E-state index is 0.167. The van der Waals surface area contributed by atoms with Gasteiger partial charge in [0.2, 0.25) is 0 Å². The minimum Gasteiger partial charge on any atom is -0.491 e. The second-order valence-electron chi connectivity index (χ2n) is 5.26. The van der Waals surface area contributed by atoms with E-state index >= 15 is 0 Å². The van der Waals surface area contributed by atoms with Crippen LogP contribution < -0.4 is 10.5 Å². The summed E-state index contributed by atoms with van der Waals surface area (Å²) in [4.78, 5) is 0. The highest BCUT2D eigenvalue weighted by atomic mass is 35.5. The van der Waals surface area contributed by atoms with Crippen molar-refractivity contribution in [1.82, 2.24) is 0 Å². The lowest BCUT2D eigenvalue weighted by molar-refractivity contribution is 0.302. The largest absolute Gasteiger partial charge is 0.491 e. The van der Waals surface area contributed by atoms with Crippen LogP contribution in [0.3, 0.4) is 0 Å². The maximum Gasteiger partial charge on any atom is 0.141 e. The quantitative estimate of drug-likeness (QED) is 0.830. The van der Waals surface area contributed by atoms with Gasteiger partial charge >= 0.3 is 0 Å². The van der Waals surface area contributed by atoms with Crippen molar-refractivity contribution >= 4 is 11.6 Å². The van der Waals surface area contributed by atoms with Gasteiger partial charge in [-0.25, -0.2) is 0 Å². The van der Waals surface area contributed by atoms with Gasteiger partial charge < -0.3 is 10.5 Å². The number of halogens is 1. The summed E-state index contributed by atoms with van der Waals surface area (Å²) in [6, 6.07) is 4.22. The molecule has 0 aromatic heterocycles. The van der Waals surface area contributed by atoms with E-state index in [0.29, 0.717) is 0 Å². The van der Waals surface area contributed by atoms with Crippen LogP contribution in [-0.2, 0) is 12.0 Å². The molecule has 1 aliphatic heterocycles. The molecule has 3 rings (SSSR count). The van der Waals surface area contributed by atoms with Gasteiger partial charge in [0.1, 0.15) is 5.75 Å². The Morgan fingerprint density at radius 1 is 1.18 bits per heavy atom. The summed E-state index contributed by atoms with van der Waals surface area (Å²) >= 11 is 6.28. The van der Waals surface area contributed by atoms with Gasteiger partial charge in [0.25, 0.3) is 0 Å². The van der Waals surface area contributed by atoms with Crippen LogP contribution in [0.4, 0.5) is 0 Å². The van der Waals surface area contributed by atoms with Crippen molar-refractivity contribution in [2.75, 3.05) is 6.61 Å². The second-order valence-corrected chi connectivity index (χ2v) is 5.67. The number of ether oxygens (including phenoxy) is 1. The molecule has 0 radical (unpaired) electrons. The first-order valence-corrected chi connectivity index (χ1v) is 6.81. The van der Waals surface area contributed by atoms with E-state index in [9.17, 15) is 0 Å². The third-order valence-electron chi connectivity index (χ3n) is 4.06. The molecule has 1 aromatic rings. The van der Waals surface area contributed by atoms with E-state index in [1.54, 1.807) is 0 Å². The van der Waals surface area contributed by atoms with Gasteiger partial charge in [0.15, 0.2) is 0 Å². The van der Waals surface area contributed by atoms with Gasteiger partial charge in [-0.1, -0.05) is 36.9 Å². The van der Waals surface area contributed by atoms with Crippen molar-refractivity contribution in [3.63, 3.8) is 0 Å². The molecule has 2 N–H and O–H groups in total. The first-order valence-electron chi connectivity index (χ1n) is 6.44. The molecule has 0 amide bonds. The number of rotatable bonds is 1. The molecule has 0 unspecified atom stereocenters. The first-order chi connectivity index (χ1) is 8.19. The monoisotopic (exact) mass is 251 g/mol. The average Bonchev–Trinajstić information content (AvgIpc) is 2.78. The number of nitrogens with two attached hydrogens (primary N) is 1. The molecular formula is C14H18ClNO. The van der Waals surface area contributed by atoms with Crippen molar-refractivity contribution in [2.45, 2.75) is 44.1 Å². The Morgan fingerprint density at radius 2 is 1.94 bits per heavy atom. The molecule has 1 heterocycles. The Kier molecular flexibility index (Phi) is 2.80. The zero-order valence-electron chi connectivity index (χ0n) is 9.97. The Labute approximate surface area is 107 Å². The zero-order chi connectivity index (χ0) is 11.9. The van der Waals surface area contributed by atoms with E-state index in [4.69, 9.17) is 22.1 Å². The van der Waals surface area contributed by atoms with Crippen LogP contribution in [0.5, 0.6) is 5.75 Å². The Bertz CT molecular complexity index is 438. The summed E-state index contributed by atoms with van der Waals surface area (Å²) in [5.41, 5.74) is 8.80. The fourth-order valence-electron chi connectivity index (χ4n) is 3.02. The lowest BCUT2D eigenvalue weighted by Crippen LogP contribution is -2.38. The molecule has 0 spiro atoms. The first kappa shape index (κ1) is 11.4. The summed E-state index contributed by atoms with van der Waals surface area (Å²) in [5, 5.41) is 0.727. The molecule has 1 fully saturated rings. The topological polar surface area (TPSA) is 35.2 Å². The van der Waals surface area contributed by atoms with Crippen molar-refractivity contribution in [3.05, 3.63) is 28.3 Å². The molecular weight excluding hydrogens is 234 g/mol. The molecule has 92 valence electrons. The van der Waals surface area contributed by atoms with E-state index in [-0.39, 0.29) is 5.54 Å². The van der Waals surface area contributed by atoms with Gasteiger partial charge in [0.05, 0.1) is 11.6 Å². The molecule has 0 atom stereocenters. The second kappa shape index (κ2) is 4.18. The summed E-state index contributed by atoms with van der Waals surface area (Å²) in [6.45, 7) is 0.746. The zero-order valence-corrected chi connectivity index (χ0v) is 10.7. The highest BCUT2D eigenvalue weighted by Crippen LogP contribution is 2.41. The van der Waals surface area contributed by atoms with E-state index in [1.165, 1.54) is 30.4 Å². The van der Waals surface area contributed by atoms with Gasteiger partial charge in [-0.3, -0.25) is 0 Å². The van der Waals surface area contributed by atoms with E-state index in [1.807, 2.05) is 6.07 Å².